The fraction of sp³-hybridized carbons (Fsp3) is 0.346. The molecule has 1 aliphatic rings. The first-order chi connectivity index (χ1) is 18.5. The molecule has 0 bridgehead atoms. The van der Waals surface area contributed by atoms with E-state index in [0.29, 0.717) is 23.3 Å². The van der Waals surface area contributed by atoms with E-state index in [1.54, 1.807) is 25.1 Å². The molecule has 2 aromatic rings. The number of aliphatic imine (C=N–C) groups is 1. The third-order valence-corrected chi connectivity index (χ3v) is 5.57. The van der Waals surface area contributed by atoms with Crippen molar-refractivity contribution in [3.63, 3.8) is 0 Å². The minimum atomic E-state index is -4.70. The van der Waals surface area contributed by atoms with Crippen molar-refractivity contribution in [1.29, 1.82) is 0 Å². The maximum atomic E-state index is 15.0. The van der Waals surface area contributed by atoms with Crippen LogP contribution in [-0.2, 0) is 19.1 Å². The Bertz CT molecular complexity index is 1330. The lowest BCUT2D eigenvalue weighted by molar-refractivity contribution is -0.266. The van der Waals surface area contributed by atoms with Crippen LogP contribution in [0.5, 0.6) is 5.75 Å². The molecule has 1 saturated heterocycles. The van der Waals surface area contributed by atoms with Crippen LogP contribution in [-0.4, -0.2) is 63.3 Å². The molecule has 39 heavy (non-hydrogen) atoms. The summed E-state index contributed by atoms with van der Waals surface area (Å²) >= 11 is 0. The van der Waals surface area contributed by atoms with Crippen LogP contribution >= 0.6 is 0 Å². The minimum absolute atomic E-state index is 0.129. The zero-order valence-corrected chi connectivity index (χ0v) is 21.3. The Morgan fingerprint density at radius 1 is 1.10 bits per heavy atom. The van der Waals surface area contributed by atoms with Crippen LogP contribution in [0.4, 0.5) is 28.9 Å². The largest absolute Gasteiger partial charge is 0.491 e. The van der Waals surface area contributed by atoms with Gasteiger partial charge in [0.15, 0.2) is 5.54 Å². The lowest BCUT2D eigenvalue weighted by atomic mass is 9.96. The highest BCUT2D eigenvalue weighted by atomic mass is 19.4. The first-order valence-corrected chi connectivity index (χ1v) is 11.7. The van der Waals surface area contributed by atoms with Crippen molar-refractivity contribution in [2.75, 3.05) is 44.2 Å². The van der Waals surface area contributed by atoms with Crippen molar-refractivity contribution in [3.8, 4) is 5.75 Å². The van der Waals surface area contributed by atoms with Crippen LogP contribution in [0, 0.1) is 5.82 Å². The molecule has 3 N–H and O–H groups in total. The number of methoxy groups -OCH3 is 1. The van der Waals surface area contributed by atoms with Crippen molar-refractivity contribution in [3.05, 3.63) is 52.7 Å². The number of carbonyl (C=O) groups is 2. The van der Waals surface area contributed by atoms with Crippen molar-refractivity contribution in [1.82, 2.24) is 5.32 Å². The van der Waals surface area contributed by atoms with Gasteiger partial charge in [-0.05, 0) is 42.5 Å². The summed E-state index contributed by atoms with van der Waals surface area (Å²) in [6, 6.07) is 8.91. The molecule has 2 amide bonds. The first-order valence-electron chi connectivity index (χ1n) is 11.7. The molecule has 1 heterocycles. The van der Waals surface area contributed by atoms with Gasteiger partial charge in [0.25, 0.3) is 0 Å². The monoisotopic (exact) mass is 552 g/mol. The van der Waals surface area contributed by atoms with Gasteiger partial charge in [-0.1, -0.05) is 6.58 Å². The summed E-state index contributed by atoms with van der Waals surface area (Å²) in [5.74, 6) is -2.02. The van der Waals surface area contributed by atoms with Gasteiger partial charge >= 0.3 is 6.18 Å². The molecule has 0 spiro atoms. The number of hydrogen-bond donors (Lipinski definition) is 3. The van der Waals surface area contributed by atoms with E-state index in [0.717, 1.165) is 0 Å². The SMILES string of the molecule is C=c1cc(OCCOC)cc(F)/c1=C(/N=C\C)Nc1ccc(NC(=O)CC(=O)NC2(C(F)(F)F)COC2)cc1. The summed E-state index contributed by atoms with van der Waals surface area (Å²) in [6.45, 7) is 4.73. The van der Waals surface area contributed by atoms with Gasteiger partial charge in [-0.3, -0.25) is 9.59 Å². The molecule has 210 valence electrons. The maximum absolute atomic E-state index is 15.0. The second-order valence-corrected chi connectivity index (χ2v) is 8.56. The van der Waals surface area contributed by atoms with Crippen LogP contribution in [0.2, 0.25) is 0 Å². The molecule has 0 radical (unpaired) electrons. The number of anilines is 2. The molecule has 0 atom stereocenters. The molecule has 0 aliphatic carbocycles. The van der Waals surface area contributed by atoms with Gasteiger partial charge in [-0.2, -0.15) is 13.2 Å². The second kappa shape index (κ2) is 12.7. The van der Waals surface area contributed by atoms with Crippen LogP contribution in [0.15, 0.2) is 41.4 Å². The number of alkyl halides is 3. The Morgan fingerprint density at radius 3 is 2.26 bits per heavy atom. The molecular weight excluding hydrogens is 524 g/mol. The molecule has 0 unspecified atom stereocenters. The number of hydrogen-bond acceptors (Lipinski definition) is 7. The molecule has 0 saturated carbocycles. The van der Waals surface area contributed by atoms with Gasteiger partial charge in [-0.15, -0.1) is 0 Å². The molecule has 0 aromatic heterocycles. The van der Waals surface area contributed by atoms with Crippen molar-refractivity contribution < 1.29 is 41.4 Å². The second-order valence-electron chi connectivity index (χ2n) is 8.56. The van der Waals surface area contributed by atoms with Crippen molar-refractivity contribution in [2.24, 2.45) is 4.99 Å². The number of nitrogens with zero attached hydrogens (tertiary/aromatic N) is 1. The van der Waals surface area contributed by atoms with E-state index in [1.165, 1.54) is 31.5 Å². The van der Waals surface area contributed by atoms with Crippen molar-refractivity contribution >= 4 is 41.8 Å². The third-order valence-electron chi connectivity index (χ3n) is 5.57. The number of halogens is 4. The summed E-state index contributed by atoms with van der Waals surface area (Å²) < 4.78 is 69.4. The molecule has 13 heteroatoms. The van der Waals surface area contributed by atoms with Gasteiger partial charge < -0.3 is 30.2 Å². The van der Waals surface area contributed by atoms with E-state index >= 15 is 0 Å². The lowest BCUT2D eigenvalue weighted by Crippen LogP contribution is -2.70. The van der Waals surface area contributed by atoms with E-state index in [4.69, 9.17) is 9.47 Å². The fourth-order valence-electron chi connectivity index (χ4n) is 3.56. The Labute approximate surface area is 221 Å². The quantitative estimate of drug-likeness (QED) is 0.171. The molecule has 9 nitrogen and oxygen atoms in total. The predicted molar refractivity (Wildman–Crippen MR) is 137 cm³/mol. The highest BCUT2D eigenvalue weighted by molar-refractivity contribution is 6.03. The molecule has 1 aliphatic heterocycles. The Balaban J connectivity index is 1.67. The summed E-state index contributed by atoms with van der Waals surface area (Å²) in [6.07, 6.45) is -4.03. The zero-order chi connectivity index (χ0) is 28.6. The highest BCUT2D eigenvalue weighted by Crippen LogP contribution is 2.36. The van der Waals surface area contributed by atoms with Crippen LogP contribution in [0.1, 0.15) is 13.3 Å². The fourth-order valence-corrected chi connectivity index (χ4v) is 3.56. The van der Waals surface area contributed by atoms with E-state index in [-0.39, 0.29) is 23.3 Å². The van der Waals surface area contributed by atoms with Gasteiger partial charge in [0.05, 0.1) is 25.0 Å². The average molecular weight is 553 g/mol. The van der Waals surface area contributed by atoms with Crippen LogP contribution < -0.4 is 31.1 Å². The van der Waals surface area contributed by atoms with E-state index in [9.17, 15) is 27.2 Å². The minimum Gasteiger partial charge on any atom is -0.491 e. The number of ether oxygens (including phenoxy) is 3. The number of nitrogens with one attached hydrogen (secondary N) is 3. The van der Waals surface area contributed by atoms with Crippen LogP contribution in [0.25, 0.3) is 12.4 Å². The highest BCUT2D eigenvalue weighted by Gasteiger charge is 2.61. The number of carbonyl (C=O) groups excluding carboxylic acids is 2. The Hall–Kier alpha value is -3.97. The van der Waals surface area contributed by atoms with Gasteiger partial charge in [-0.25, -0.2) is 9.38 Å². The van der Waals surface area contributed by atoms with E-state index < -0.39 is 49.0 Å². The molecule has 2 aromatic carbocycles. The van der Waals surface area contributed by atoms with Gasteiger partial charge in [0.2, 0.25) is 11.8 Å². The maximum Gasteiger partial charge on any atom is 0.416 e. The lowest BCUT2D eigenvalue weighted by Gasteiger charge is -2.42. The smallest absolute Gasteiger partial charge is 0.416 e. The predicted octanol–water partition coefficient (Wildman–Crippen LogP) is 2.31. The van der Waals surface area contributed by atoms with Crippen molar-refractivity contribution in [2.45, 2.75) is 25.1 Å². The van der Waals surface area contributed by atoms with E-state index in [1.807, 2.05) is 5.32 Å². The van der Waals surface area contributed by atoms with E-state index in [2.05, 4.69) is 26.9 Å². The standard InChI is InChI=1S/C26H28F4N4O5/c1-4-31-24(23-16(2)11-19(12-20(23)27)39-10-9-37-3)33-18-7-5-17(6-8-18)32-21(35)13-22(36)34-25(14-38-15-25)26(28,29)30/h4-8,11-12,33H,2,9-10,13-15H2,1,3H3,(H,32,35)(H,34,36)/b24-23-,31-4-. The number of rotatable bonds is 11. The summed E-state index contributed by atoms with van der Waals surface area (Å²) in [5, 5.41) is 7.75. The van der Waals surface area contributed by atoms with Crippen LogP contribution in [0.3, 0.4) is 0 Å². The van der Waals surface area contributed by atoms with Gasteiger partial charge in [0, 0.05) is 30.8 Å². The average Bonchev–Trinajstić information content (AvgIpc) is 2.81. The molecule has 1 fully saturated rings. The summed E-state index contributed by atoms with van der Waals surface area (Å²) in [7, 11) is 1.52. The normalized spacial score (nSPS) is 15.3. The molecule has 3 rings (SSSR count). The summed E-state index contributed by atoms with van der Waals surface area (Å²) in [5.41, 5.74) is -1.70. The Morgan fingerprint density at radius 2 is 1.74 bits per heavy atom. The third kappa shape index (κ3) is 7.54. The summed E-state index contributed by atoms with van der Waals surface area (Å²) in [4.78, 5) is 28.4. The Kier molecular flexibility index (Phi) is 9.65. The topological polar surface area (TPSA) is 110 Å². The number of benzene rings is 2. The zero-order valence-electron chi connectivity index (χ0n) is 21.3. The van der Waals surface area contributed by atoms with Gasteiger partial charge in [0.1, 0.15) is 30.4 Å². The first kappa shape index (κ1) is 29.6. The molecular formula is C26H28F4N4O5. The number of amides is 2.